The van der Waals surface area contributed by atoms with Gasteiger partial charge in [0.1, 0.15) is 0 Å². The molecule has 1 N–H and O–H groups in total. The van der Waals surface area contributed by atoms with E-state index in [0.717, 1.165) is 51.4 Å². The maximum atomic E-state index is 12.5. The first-order valence-electron chi connectivity index (χ1n) is 9.05. The molecule has 0 fully saturated rings. The molecule has 0 unspecified atom stereocenters. The Balaban J connectivity index is 2.55. The Morgan fingerprint density at radius 1 is 1.04 bits per heavy atom. The van der Waals surface area contributed by atoms with Gasteiger partial charge in [0.2, 0.25) is 0 Å². The Morgan fingerprint density at radius 2 is 1.62 bits per heavy atom. The first-order chi connectivity index (χ1) is 11.6. The zero-order valence-electron chi connectivity index (χ0n) is 15.3. The summed E-state index contributed by atoms with van der Waals surface area (Å²) in [6, 6.07) is 0. The summed E-state index contributed by atoms with van der Waals surface area (Å²) in [7, 11) is 1.67. The van der Waals surface area contributed by atoms with Crippen molar-refractivity contribution < 1.29 is 9.59 Å². The van der Waals surface area contributed by atoms with Gasteiger partial charge in [0, 0.05) is 20.1 Å². The minimum Gasteiger partial charge on any atom is -0.334 e. The van der Waals surface area contributed by atoms with E-state index in [1.54, 1.807) is 11.9 Å². The quantitative estimate of drug-likeness (QED) is 0.497. The van der Waals surface area contributed by atoms with Crippen LogP contribution in [-0.2, 0) is 16.6 Å². The van der Waals surface area contributed by atoms with E-state index in [1.165, 1.54) is 10.9 Å². The van der Waals surface area contributed by atoms with Gasteiger partial charge in [0.15, 0.2) is 5.82 Å². The van der Waals surface area contributed by atoms with Crippen molar-refractivity contribution in [3.05, 3.63) is 6.20 Å². The van der Waals surface area contributed by atoms with Crippen molar-refractivity contribution in [3.8, 4) is 0 Å². The second-order valence-corrected chi connectivity index (χ2v) is 6.11. The second kappa shape index (κ2) is 11.6. The van der Waals surface area contributed by atoms with E-state index in [9.17, 15) is 9.59 Å². The fourth-order valence-electron chi connectivity index (χ4n) is 2.49. The number of carbonyl (C=O) groups is 2. The minimum absolute atomic E-state index is 0.422. The Kier molecular flexibility index (Phi) is 9.72. The van der Waals surface area contributed by atoms with Crippen molar-refractivity contribution in [2.45, 2.75) is 65.2 Å². The normalized spacial score (nSPS) is 10.6. The first-order valence-corrected chi connectivity index (χ1v) is 9.05. The fourth-order valence-corrected chi connectivity index (χ4v) is 2.49. The van der Waals surface area contributed by atoms with E-state index in [1.807, 2.05) is 0 Å². The summed E-state index contributed by atoms with van der Waals surface area (Å²) in [6.45, 7) is 5.59. The van der Waals surface area contributed by atoms with Crippen LogP contribution < -0.4 is 5.32 Å². The molecular weight excluding hydrogens is 306 g/mol. The fraction of sp³-hybridized carbons (Fsp3) is 0.765. The van der Waals surface area contributed by atoms with Crippen molar-refractivity contribution >= 4 is 17.6 Å². The van der Waals surface area contributed by atoms with Crippen LogP contribution in [0.1, 0.15) is 65.2 Å². The second-order valence-electron chi connectivity index (χ2n) is 6.11. The Morgan fingerprint density at radius 3 is 2.08 bits per heavy atom. The Hall–Kier alpha value is -1.92. The van der Waals surface area contributed by atoms with E-state index in [-0.39, 0.29) is 0 Å². The van der Waals surface area contributed by atoms with Gasteiger partial charge in [-0.15, -0.1) is 5.10 Å². The van der Waals surface area contributed by atoms with E-state index >= 15 is 0 Å². The maximum absolute atomic E-state index is 12.5. The zero-order valence-corrected chi connectivity index (χ0v) is 15.3. The van der Waals surface area contributed by atoms with Gasteiger partial charge in [0.05, 0.1) is 6.20 Å². The van der Waals surface area contributed by atoms with Gasteiger partial charge in [-0.2, -0.15) is 0 Å². The SMILES string of the molecule is CCCCCCN(CCCCCC)C(=O)C(=O)Nc1cnnn1C. The third-order valence-corrected chi connectivity index (χ3v) is 4.00. The molecule has 0 aliphatic heterocycles. The summed E-state index contributed by atoms with van der Waals surface area (Å²) in [5.74, 6) is -0.666. The molecule has 0 saturated heterocycles. The lowest BCUT2D eigenvalue weighted by atomic mass is 10.1. The highest BCUT2D eigenvalue weighted by Gasteiger charge is 2.22. The Bertz CT molecular complexity index is 489. The van der Waals surface area contributed by atoms with Crippen LogP contribution in [0.15, 0.2) is 6.20 Å². The van der Waals surface area contributed by atoms with Crippen LogP contribution in [0.3, 0.4) is 0 Å². The lowest BCUT2D eigenvalue weighted by molar-refractivity contribution is -0.143. The van der Waals surface area contributed by atoms with Crippen LogP contribution in [0.4, 0.5) is 5.82 Å². The number of hydrogen-bond donors (Lipinski definition) is 1. The Labute approximate surface area is 144 Å². The van der Waals surface area contributed by atoms with Gasteiger partial charge < -0.3 is 10.2 Å². The molecule has 136 valence electrons. The van der Waals surface area contributed by atoms with Crippen molar-refractivity contribution in [2.24, 2.45) is 7.05 Å². The third-order valence-electron chi connectivity index (χ3n) is 4.00. The molecule has 0 aromatic carbocycles. The smallest absolute Gasteiger partial charge is 0.315 e. The summed E-state index contributed by atoms with van der Waals surface area (Å²) in [5.41, 5.74) is 0. The number of aryl methyl sites for hydroxylation is 1. The topological polar surface area (TPSA) is 80.1 Å². The lowest BCUT2D eigenvalue weighted by Crippen LogP contribution is -2.41. The first kappa shape index (κ1) is 20.1. The maximum Gasteiger partial charge on any atom is 0.315 e. The van der Waals surface area contributed by atoms with Crippen LogP contribution in [0.5, 0.6) is 0 Å². The number of hydrogen-bond acceptors (Lipinski definition) is 4. The largest absolute Gasteiger partial charge is 0.334 e. The molecule has 1 rings (SSSR count). The third kappa shape index (κ3) is 7.10. The lowest BCUT2D eigenvalue weighted by Gasteiger charge is -2.22. The van der Waals surface area contributed by atoms with Crippen molar-refractivity contribution in [1.29, 1.82) is 0 Å². The van der Waals surface area contributed by atoms with Crippen molar-refractivity contribution in [1.82, 2.24) is 19.9 Å². The summed E-state index contributed by atoms with van der Waals surface area (Å²) < 4.78 is 1.43. The van der Waals surface area contributed by atoms with Crippen LogP contribution in [0, 0.1) is 0 Å². The number of amides is 2. The molecule has 0 radical (unpaired) electrons. The van der Waals surface area contributed by atoms with Gasteiger partial charge in [-0.1, -0.05) is 57.6 Å². The minimum atomic E-state index is -0.619. The number of unbranched alkanes of at least 4 members (excludes halogenated alkanes) is 6. The molecule has 0 atom stereocenters. The summed E-state index contributed by atoms with van der Waals surface area (Å²) in [5, 5.41) is 10.0. The van der Waals surface area contributed by atoms with Gasteiger partial charge in [-0.05, 0) is 12.8 Å². The average molecular weight is 337 g/mol. The van der Waals surface area contributed by atoms with E-state index in [2.05, 4.69) is 29.5 Å². The molecule has 0 saturated carbocycles. The molecule has 1 heterocycles. The monoisotopic (exact) mass is 337 g/mol. The van der Waals surface area contributed by atoms with Gasteiger partial charge in [-0.25, -0.2) is 4.68 Å². The number of aromatic nitrogens is 3. The highest BCUT2D eigenvalue weighted by molar-refractivity contribution is 6.39. The summed E-state index contributed by atoms with van der Waals surface area (Å²) >= 11 is 0. The van der Waals surface area contributed by atoms with Crippen LogP contribution in [0.2, 0.25) is 0 Å². The van der Waals surface area contributed by atoms with Crippen molar-refractivity contribution in [3.63, 3.8) is 0 Å². The number of nitrogens with one attached hydrogen (secondary N) is 1. The van der Waals surface area contributed by atoms with Crippen LogP contribution in [-0.4, -0.2) is 44.8 Å². The molecule has 1 aromatic heterocycles. The molecular formula is C17H31N5O2. The molecule has 24 heavy (non-hydrogen) atoms. The predicted molar refractivity (Wildman–Crippen MR) is 94.5 cm³/mol. The van der Waals surface area contributed by atoms with Crippen LogP contribution in [0.25, 0.3) is 0 Å². The molecule has 0 spiro atoms. The van der Waals surface area contributed by atoms with Gasteiger partial charge >= 0.3 is 11.8 Å². The standard InChI is InChI=1S/C17H31N5O2/c1-4-6-8-10-12-22(13-11-9-7-5-2)17(24)16(23)19-15-14-18-20-21(15)3/h14H,4-13H2,1-3H3,(H,19,23). The highest BCUT2D eigenvalue weighted by Crippen LogP contribution is 2.07. The molecule has 1 aromatic rings. The number of nitrogens with zero attached hydrogens (tertiary/aromatic N) is 4. The molecule has 0 aliphatic carbocycles. The predicted octanol–water partition coefficient (Wildman–Crippen LogP) is 2.74. The van der Waals surface area contributed by atoms with Gasteiger partial charge in [-0.3, -0.25) is 9.59 Å². The molecule has 0 aliphatic rings. The summed E-state index contributed by atoms with van der Waals surface area (Å²) in [4.78, 5) is 26.4. The van der Waals surface area contributed by atoms with Crippen LogP contribution >= 0.6 is 0 Å². The molecule has 0 bridgehead atoms. The van der Waals surface area contributed by atoms with E-state index < -0.39 is 11.8 Å². The van der Waals surface area contributed by atoms with E-state index in [0.29, 0.717) is 18.9 Å². The number of anilines is 1. The zero-order chi connectivity index (χ0) is 17.8. The van der Waals surface area contributed by atoms with E-state index in [4.69, 9.17) is 0 Å². The van der Waals surface area contributed by atoms with Gasteiger partial charge in [0.25, 0.3) is 0 Å². The molecule has 7 nitrogen and oxygen atoms in total. The number of rotatable bonds is 11. The molecule has 7 heteroatoms. The molecule has 2 amide bonds. The highest BCUT2D eigenvalue weighted by atomic mass is 16.2. The van der Waals surface area contributed by atoms with Crippen molar-refractivity contribution in [2.75, 3.05) is 18.4 Å². The average Bonchev–Trinajstić information content (AvgIpc) is 2.97. The number of carbonyl (C=O) groups excluding carboxylic acids is 2. The summed E-state index contributed by atoms with van der Waals surface area (Å²) in [6.07, 6.45) is 10.1.